The average Bonchev–Trinajstić information content (AvgIpc) is 3.14. The second-order valence-corrected chi connectivity index (χ2v) is 7.60. The van der Waals surface area contributed by atoms with Crippen LogP contribution >= 0.6 is 0 Å². The van der Waals surface area contributed by atoms with Gasteiger partial charge in [0.15, 0.2) is 5.65 Å². The van der Waals surface area contributed by atoms with Gasteiger partial charge in [0.1, 0.15) is 17.1 Å². The van der Waals surface area contributed by atoms with Crippen molar-refractivity contribution in [1.29, 1.82) is 0 Å². The number of rotatable bonds is 12. The molecule has 2 heterocycles. The molecule has 32 heavy (non-hydrogen) atoms. The maximum absolute atomic E-state index is 11.2. The summed E-state index contributed by atoms with van der Waals surface area (Å²) in [4.78, 5) is 20.3. The van der Waals surface area contributed by atoms with Gasteiger partial charge in [0.25, 0.3) is 5.69 Å². The van der Waals surface area contributed by atoms with Crippen molar-refractivity contribution in [2.75, 3.05) is 30.8 Å². The van der Waals surface area contributed by atoms with E-state index in [1.54, 1.807) is 6.07 Å². The first kappa shape index (κ1) is 23.3. The van der Waals surface area contributed by atoms with Gasteiger partial charge in [-0.15, -0.1) is 0 Å². The summed E-state index contributed by atoms with van der Waals surface area (Å²) in [6, 6.07) is 8.24. The van der Waals surface area contributed by atoms with Crippen molar-refractivity contribution < 1.29 is 9.66 Å². The minimum atomic E-state index is -0.443. The number of hydrogen-bond acceptors (Lipinski definition) is 8. The fraction of sp³-hybridized carbons (Fsp3) is 0.455. The number of methoxy groups -OCH3 is 1. The number of nitro groups is 1. The Morgan fingerprint density at radius 2 is 2.00 bits per heavy atom. The third-order valence-electron chi connectivity index (χ3n) is 5.54. The van der Waals surface area contributed by atoms with E-state index >= 15 is 0 Å². The predicted molar refractivity (Wildman–Crippen MR) is 127 cm³/mol. The number of fused-ring (bicyclic) bond motifs is 1. The van der Waals surface area contributed by atoms with Crippen LogP contribution < -0.4 is 21.1 Å². The van der Waals surface area contributed by atoms with Gasteiger partial charge >= 0.3 is 0 Å². The summed E-state index contributed by atoms with van der Waals surface area (Å²) in [7, 11) is 1.52. The van der Waals surface area contributed by atoms with E-state index in [-0.39, 0.29) is 5.69 Å². The highest BCUT2D eigenvalue weighted by molar-refractivity contribution is 5.79. The number of aryl methyl sites for hydroxylation is 1. The largest absolute Gasteiger partial charge is 0.495 e. The second-order valence-electron chi connectivity index (χ2n) is 7.60. The molecule has 10 heteroatoms. The van der Waals surface area contributed by atoms with Gasteiger partial charge in [-0.25, -0.2) is 9.97 Å². The standard InChI is InChI=1S/C22H31N7O3/c1-4-15(5-2)14-24-20-10-8-17-21(27-20)28(12-6-11-23)22(25-17)26-18-13-16(29(30)31)7-9-19(18)32-3/h7-10,13,15H,4-6,11-12,14,23H2,1-3H3,(H,24,27)(H,25,26). The van der Waals surface area contributed by atoms with Crippen molar-refractivity contribution in [3.8, 4) is 5.75 Å². The lowest BCUT2D eigenvalue weighted by Gasteiger charge is -2.14. The van der Waals surface area contributed by atoms with Crippen molar-refractivity contribution in [3.05, 3.63) is 40.4 Å². The first-order chi connectivity index (χ1) is 15.5. The zero-order chi connectivity index (χ0) is 23.1. The topological polar surface area (TPSA) is 133 Å². The van der Waals surface area contributed by atoms with Crippen molar-refractivity contribution in [2.45, 2.75) is 39.7 Å². The van der Waals surface area contributed by atoms with Crippen LogP contribution in [0.25, 0.3) is 11.2 Å². The van der Waals surface area contributed by atoms with E-state index in [0.717, 1.165) is 42.8 Å². The lowest BCUT2D eigenvalue weighted by Crippen LogP contribution is -2.14. The average molecular weight is 442 g/mol. The lowest BCUT2D eigenvalue weighted by molar-refractivity contribution is -0.384. The van der Waals surface area contributed by atoms with Gasteiger partial charge < -0.3 is 21.1 Å². The second kappa shape index (κ2) is 10.8. The monoisotopic (exact) mass is 441 g/mol. The molecule has 0 bridgehead atoms. The number of imidazole rings is 1. The summed E-state index contributed by atoms with van der Waals surface area (Å²) in [5.74, 6) is 2.39. The Morgan fingerprint density at radius 1 is 1.22 bits per heavy atom. The highest BCUT2D eigenvalue weighted by Crippen LogP contribution is 2.32. The molecule has 0 fully saturated rings. The summed E-state index contributed by atoms with van der Waals surface area (Å²) in [6.45, 7) is 6.36. The van der Waals surface area contributed by atoms with E-state index in [1.165, 1.54) is 19.2 Å². The molecular weight excluding hydrogens is 410 g/mol. The predicted octanol–water partition coefficient (Wildman–Crippen LogP) is 4.29. The Morgan fingerprint density at radius 3 is 2.66 bits per heavy atom. The molecule has 0 amide bonds. The third kappa shape index (κ3) is 5.25. The van der Waals surface area contributed by atoms with Crippen LogP contribution in [0.15, 0.2) is 30.3 Å². The van der Waals surface area contributed by atoms with Crippen molar-refractivity contribution in [1.82, 2.24) is 14.5 Å². The van der Waals surface area contributed by atoms with E-state index in [9.17, 15) is 10.1 Å². The van der Waals surface area contributed by atoms with Gasteiger partial charge in [-0.3, -0.25) is 14.7 Å². The molecule has 0 aliphatic rings. The number of hydrogen-bond donors (Lipinski definition) is 3. The quantitative estimate of drug-likeness (QED) is 0.280. The number of nitro benzene ring substituents is 1. The number of non-ortho nitro benzene ring substituents is 1. The molecule has 0 aliphatic carbocycles. The van der Waals surface area contributed by atoms with Crippen molar-refractivity contribution in [2.24, 2.45) is 11.7 Å². The molecule has 0 spiro atoms. The number of ether oxygens (including phenoxy) is 1. The molecule has 4 N–H and O–H groups in total. The summed E-state index contributed by atoms with van der Waals surface area (Å²) in [5, 5.41) is 17.9. The van der Waals surface area contributed by atoms with Gasteiger partial charge in [-0.05, 0) is 37.1 Å². The van der Waals surface area contributed by atoms with Gasteiger partial charge in [0, 0.05) is 25.2 Å². The summed E-state index contributed by atoms with van der Waals surface area (Å²) in [6.07, 6.45) is 2.96. The van der Waals surface area contributed by atoms with Gasteiger partial charge in [0.05, 0.1) is 17.7 Å². The van der Waals surface area contributed by atoms with Crippen LogP contribution in [0.5, 0.6) is 5.75 Å². The summed E-state index contributed by atoms with van der Waals surface area (Å²) >= 11 is 0. The Balaban J connectivity index is 1.97. The number of nitrogens with one attached hydrogen (secondary N) is 2. The highest BCUT2D eigenvalue weighted by atomic mass is 16.6. The van der Waals surface area contributed by atoms with Crippen LogP contribution in [0.3, 0.4) is 0 Å². The smallest absolute Gasteiger partial charge is 0.271 e. The van der Waals surface area contributed by atoms with Crippen LogP contribution in [-0.2, 0) is 6.54 Å². The van der Waals surface area contributed by atoms with E-state index in [0.29, 0.717) is 36.4 Å². The molecular formula is C22H31N7O3. The van der Waals surface area contributed by atoms with Gasteiger partial charge in [-0.1, -0.05) is 26.7 Å². The van der Waals surface area contributed by atoms with Crippen LogP contribution in [0.1, 0.15) is 33.1 Å². The fourth-order valence-corrected chi connectivity index (χ4v) is 3.51. The Labute approximate surface area is 187 Å². The van der Waals surface area contributed by atoms with Crippen LogP contribution in [0.4, 0.5) is 23.1 Å². The number of nitrogens with zero attached hydrogens (tertiary/aromatic N) is 4. The molecule has 0 aliphatic heterocycles. The normalized spacial score (nSPS) is 11.2. The molecule has 0 saturated carbocycles. The number of benzene rings is 1. The van der Waals surface area contributed by atoms with E-state index in [2.05, 4.69) is 29.5 Å². The zero-order valence-electron chi connectivity index (χ0n) is 18.8. The molecule has 3 aromatic rings. The number of aromatic nitrogens is 3. The van der Waals surface area contributed by atoms with Gasteiger partial charge in [-0.2, -0.15) is 0 Å². The molecule has 10 nitrogen and oxygen atoms in total. The minimum Gasteiger partial charge on any atom is -0.495 e. The molecule has 0 unspecified atom stereocenters. The molecule has 3 rings (SSSR count). The molecule has 172 valence electrons. The van der Waals surface area contributed by atoms with E-state index in [1.807, 2.05) is 16.7 Å². The molecule has 0 atom stereocenters. The fourth-order valence-electron chi connectivity index (χ4n) is 3.51. The molecule has 2 aromatic heterocycles. The first-order valence-electron chi connectivity index (χ1n) is 10.9. The van der Waals surface area contributed by atoms with Crippen molar-refractivity contribution >= 4 is 34.3 Å². The number of pyridine rings is 1. The zero-order valence-corrected chi connectivity index (χ0v) is 18.8. The summed E-state index contributed by atoms with van der Waals surface area (Å²) in [5.41, 5.74) is 7.61. The third-order valence-corrected chi connectivity index (χ3v) is 5.54. The minimum absolute atomic E-state index is 0.0380. The van der Waals surface area contributed by atoms with Gasteiger partial charge in [0.2, 0.25) is 5.95 Å². The molecule has 1 aromatic carbocycles. The maximum atomic E-state index is 11.2. The number of nitrogens with two attached hydrogens (primary N) is 1. The lowest BCUT2D eigenvalue weighted by atomic mass is 10.0. The Hall–Kier alpha value is -3.40. The van der Waals surface area contributed by atoms with Crippen LogP contribution in [0.2, 0.25) is 0 Å². The highest BCUT2D eigenvalue weighted by Gasteiger charge is 2.17. The van der Waals surface area contributed by atoms with Crippen LogP contribution in [0, 0.1) is 16.0 Å². The SMILES string of the molecule is CCC(CC)CNc1ccc2nc(Nc3cc([N+](=O)[O-])ccc3OC)n(CCCN)c2n1. The maximum Gasteiger partial charge on any atom is 0.271 e. The molecule has 0 radical (unpaired) electrons. The molecule has 0 saturated heterocycles. The van der Waals surface area contributed by atoms with E-state index in [4.69, 9.17) is 15.5 Å². The van der Waals surface area contributed by atoms with Crippen molar-refractivity contribution in [3.63, 3.8) is 0 Å². The number of anilines is 3. The first-order valence-corrected chi connectivity index (χ1v) is 10.9. The Kier molecular flexibility index (Phi) is 7.82. The van der Waals surface area contributed by atoms with E-state index < -0.39 is 4.92 Å². The summed E-state index contributed by atoms with van der Waals surface area (Å²) < 4.78 is 7.32. The Bertz CT molecular complexity index is 1060. The van der Waals surface area contributed by atoms with Crippen LogP contribution in [-0.4, -0.2) is 39.7 Å².